The fraction of sp³-hybridized carbons (Fsp3) is 0.750. The summed E-state index contributed by atoms with van der Waals surface area (Å²) in [5.74, 6) is -1.50. The normalized spacial score (nSPS) is 18.2. The molecule has 1 fully saturated rings. The Balaban J connectivity index is 2.52. The van der Waals surface area contributed by atoms with Crippen molar-refractivity contribution in [1.82, 2.24) is 9.80 Å². The molecule has 0 saturated carbocycles. The maximum Gasteiger partial charge on any atom is 0.320 e. The Bertz CT molecular complexity index is 358. The van der Waals surface area contributed by atoms with Crippen LogP contribution in [0, 0.1) is 5.92 Å². The van der Waals surface area contributed by atoms with Gasteiger partial charge in [-0.25, -0.2) is 4.79 Å². The summed E-state index contributed by atoms with van der Waals surface area (Å²) in [6, 6.07) is -0.213. The first kappa shape index (κ1) is 15.3. The molecule has 2 amide bonds. The Kier molecular flexibility index (Phi) is 5.59. The molecular formula is C12H20N2O5. The molecule has 0 bridgehead atoms. The van der Waals surface area contributed by atoms with Crippen molar-refractivity contribution in [2.45, 2.75) is 19.8 Å². The number of carboxylic acid groups (broad SMARTS) is 1. The van der Waals surface area contributed by atoms with Gasteiger partial charge in [0.15, 0.2) is 0 Å². The molecule has 1 heterocycles. The number of carbonyl (C=O) groups is 3. The first-order chi connectivity index (χ1) is 8.99. The molecule has 1 atom stereocenters. The average Bonchev–Trinajstić information content (AvgIpc) is 2.87. The Morgan fingerprint density at radius 1 is 1.42 bits per heavy atom. The third kappa shape index (κ3) is 4.11. The molecule has 19 heavy (non-hydrogen) atoms. The molecule has 7 heteroatoms. The molecule has 1 N–H and O–H groups in total. The molecule has 0 aromatic heterocycles. The molecule has 1 aliphatic rings. The molecule has 1 saturated heterocycles. The molecule has 0 radical (unpaired) electrons. The predicted molar refractivity (Wildman–Crippen MR) is 66.6 cm³/mol. The highest BCUT2D eigenvalue weighted by atomic mass is 16.5. The van der Waals surface area contributed by atoms with Crippen molar-refractivity contribution >= 4 is 18.0 Å². The Labute approximate surface area is 112 Å². The first-order valence-corrected chi connectivity index (χ1v) is 6.33. The van der Waals surface area contributed by atoms with E-state index in [-0.39, 0.29) is 30.9 Å². The van der Waals surface area contributed by atoms with E-state index < -0.39 is 5.97 Å². The molecule has 0 aromatic rings. The van der Waals surface area contributed by atoms with Gasteiger partial charge in [0.25, 0.3) is 0 Å². The number of amides is 2. The van der Waals surface area contributed by atoms with Crippen LogP contribution < -0.4 is 0 Å². The maximum absolute atomic E-state index is 12.2. The Hall–Kier alpha value is -1.79. The molecule has 0 aromatic carbocycles. The summed E-state index contributed by atoms with van der Waals surface area (Å²) >= 11 is 0. The van der Waals surface area contributed by atoms with Gasteiger partial charge in [0.2, 0.25) is 0 Å². The van der Waals surface area contributed by atoms with Crippen molar-refractivity contribution in [1.29, 1.82) is 0 Å². The lowest BCUT2D eigenvalue weighted by Crippen LogP contribution is -2.43. The largest absolute Gasteiger partial charge is 0.481 e. The fourth-order valence-corrected chi connectivity index (χ4v) is 2.11. The van der Waals surface area contributed by atoms with Crippen LogP contribution in [-0.2, 0) is 14.3 Å². The summed E-state index contributed by atoms with van der Waals surface area (Å²) in [5.41, 5.74) is 0. The van der Waals surface area contributed by atoms with Crippen LogP contribution in [0.15, 0.2) is 0 Å². The van der Waals surface area contributed by atoms with Crippen LogP contribution in [0.5, 0.6) is 0 Å². The summed E-state index contributed by atoms with van der Waals surface area (Å²) in [6.07, 6.45) is 0.517. The van der Waals surface area contributed by atoms with E-state index in [1.54, 1.807) is 11.8 Å². The van der Waals surface area contributed by atoms with E-state index in [2.05, 4.69) is 4.74 Å². The van der Waals surface area contributed by atoms with Crippen LogP contribution in [0.3, 0.4) is 0 Å². The number of likely N-dealkylation sites (tertiary alicyclic amines) is 1. The van der Waals surface area contributed by atoms with Gasteiger partial charge >= 0.3 is 18.0 Å². The molecule has 1 unspecified atom stereocenters. The summed E-state index contributed by atoms with van der Waals surface area (Å²) in [5, 5.41) is 8.64. The van der Waals surface area contributed by atoms with Gasteiger partial charge in [-0.15, -0.1) is 0 Å². The van der Waals surface area contributed by atoms with Gasteiger partial charge in [0, 0.05) is 26.2 Å². The van der Waals surface area contributed by atoms with Crippen molar-refractivity contribution in [2.24, 2.45) is 5.92 Å². The molecule has 0 aliphatic carbocycles. The predicted octanol–water partition coefficient (Wildman–Crippen LogP) is 0.398. The van der Waals surface area contributed by atoms with Crippen LogP contribution in [0.25, 0.3) is 0 Å². The number of esters is 1. The summed E-state index contributed by atoms with van der Waals surface area (Å²) < 4.78 is 4.66. The zero-order valence-electron chi connectivity index (χ0n) is 11.3. The topological polar surface area (TPSA) is 87.2 Å². The minimum absolute atomic E-state index is 0.0755. The third-order valence-electron chi connectivity index (χ3n) is 3.24. The molecule has 0 spiro atoms. The number of aliphatic carboxylic acids is 1. The number of hydrogen-bond acceptors (Lipinski definition) is 4. The molecule has 1 rings (SSSR count). The highest BCUT2D eigenvalue weighted by molar-refractivity contribution is 5.78. The summed E-state index contributed by atoms with van der Waals surface area (Å²) in [4.78, 5) is 37.1. The second-order valence-corrected chi connectivity index (χ2v) is 4.46. The lowest BCUT2D eigenvalue weighted by atomic mass is 10.1. The van der Waals surface area contributed by atoms with Gasteiger partial charge in [-0.3, -0.25) is 9.59 Å². The van der Waals surface area contributed by atoms with Gasteiger partial charge in [-0.2, -0.15) is 0 Å². The molecule has 108 valence electrons. The van der Waals surface area contributed by atoms with Crippen LogP contribution in [-0.4, -0.2) is 66.2 Å². The Morgan fingerprint density at radius 2 is 2.11 bits per heavy atom. The van der Waals surface area contributed by atoms with Crippen LogP contribution >= 0.6 is 0 Å². The number of rotatable bonds is 5. The van der Waals surface area contributed by atoms with Gasteiger partial charge in [0.05, 0.1) is 19.4 Å². The number of ether oxygens (including phenoxy) is 1. The van der Waals surface area contributed by atoms with Crippen LogP contribution in [0.2, 0.25) is 0 Å². The highest BCUT2D eigenvalue weighted by Crippen LogP contribution is 2.19. The van der Waals surface area contributed by atoms with Gasteiger partial charge < -0.3 is 19.6 Å². The minimum atomic E-state index is -0.930. The second-order valence-electron chi connectivity index (χ2n) is 4.46. The minimum Gasteiger partial charge on any atom is -0.481 e. The van der Waals surface area contributed by atoms with Crippen LogP contribution in [0.4, 0.5) is 4.79 Å². The number of urea groups is 1. The first-order valence-electron chi connectivity index (χ1n) is 6.33. The molecular weight excluding hydrogens is 252 g/mol. The van der Waals surface area contributed by atoms with Gasteiger partial charge in [-0.05, 0) is 13.3 Å². The standard InChI is InChI=1S/C12H20N2O5/c1-3-13(7-5-10(15)16)12(18)14-6-4-9(8-14)11(17)19-2/h9H,3-8H2,1-2H3,(H,15,16). The lowest BCUT2D eigenvalue weighted by Gasteiger charge is -2.26. The zero-order valence-corrected chi connectivity index (χ0v) is 11.3. The number of carboxylic acids is 1. The van der Waals surface area contributed by atoms with Crippen LogP contribution in [0.1, 0.15) is 19.8 Å². The van der Waals surface area contributed by atoms with Gasteiger partial charge in [-0.1, -0.05) is 0 Å². The SMILES string of the molecule is CCN(CCC(=O)O)C(=O)N1CCC(C(=O)OC)C1. The van der Waals surface area contributed by atoms with Crippen molar-refractivity contribution in [3.8, 4) is 0 Å². The molecule has 7 nitrogen and oxygen atoms in total. The fourth-order valence-electron chi connectivity index (χ4n) is 2.11. The maximum atomic E-state index is 12.2. The van der Waals surface area contributed by atoms with E-state index in [1.165, 1.54) is 12.0 Å². The van der Waals surface area contributed by atoms with E-state index in [1.807, 2.05) is 0 Å². The average molecular weight is 272 g/mol. The third-order valence-corrected chi connectivity index (χ3v) is 3.24. The quantitative estimate of drug-likeness (QED) is 0.732. The zero-order chi connectivity index (χ0) is 14.4. The van der Waals surface area contributed by atoms with Crippen molar-refractivity contribution in [3.05, 3.63) is 0 Å². The molecule has 1 aliphatic heterocycles. The number of nitrogens with zero attached hydrogens (tertiary/aromatic N) is 2. The van der Waals surface area contributed by atoms with Gasteiger partial charge in [0.1, 0.15) is 0 Å². The number of carbonyl (C=O) groups excluding carboxylic acids is 2. The monoisotopic (exact) mass is 272 g/mol. The van der Waals surface area contributed by atoms with Crippen molar-refractivity contribution < 1.29 is 24.2 Å². The second kappa shape index (κ2) is 6.96. The Morgan fingerprint density at radius 3 is 2.63 bits per heavy atom. The van der Waals surface area contributed by atoms with E-state index in [4.69, 9.17) is 5.11 Å². The highest BCUT2D eigenvalue weighted by Gasteiger charge is 2.33. The number of methoxy groups -OCH3 is 1. The van der Waals surface area contributed by atoms with E-state index in [9.17, 15) is 14.4 Å². The lowest BCUT2D eigenvalue weighted by molar-refractivity contribution is -0.144. The summed E-state index contributed by atoms with van der Waals surface area (Å²) in [7, 11) is 1.33. The summed E-state index contributed by atoms with van der Waals surface area (Å²) in [6.45, 7) is 3.28. The van der Waals surface area contributed by atoms with E-state index in [0.29, 0.717) is 26.1 Å². The van der Waals surface area contributed by atoms with Crippen molar-refractivity contribution in [3.63, 3.8) is 0 Å². The van der Waals surface area contributed by atoms with Crippen molar-refractivity contribution in [2.75, 3.05) is 33.3 Å². The van der Waals surface area contributed by atoms with E-state index in [0.717, 1.165) is 0 Å². The smallest absolute Gasteiger partial charge is 0.320 e. The van der Waals surface area contributed by atoms with E-state index >= 15 is 0 Å². The number of hydrogen-bond donors (Lipinski definition) is 1.